The number of alkyl halides is 3. The van der Waals surface area contributed by atoms with Gasteiger partial charge in [0.1, 0.15) is 6.54 Å². The molecule has 0 spiro atoms. The van der Waals surface area contributed by atoms with Gasteiger partial charge in [0.25, 0.3) is 11.8 Å². The smallest absolute Gasteiger partial charge is 0.375 e. The molecule has 0 saturated heterocycles. The second-order valence-electron chi connectivity index (χ2n) is 2.14. The Morgan fingerprint density at radius 1 is 1.46 bits per heavy atom. The molecule has 0 radical (unpaired) electrons. The summed E-state index contributed by atoms with van der Waals surface area (Å²) in [6.07, 6.45) is -6.84. The van der Waals surface area contributed by atoms with E-state index in [2.05, 4.69) is 5.73 Å². The van der Waals surface area contributed by atoms with Gasteiger partial charge in [-0.3, -0.25) is 9.59 Å². The van der Waals surface area contributed by atoms with Gasteiger partial charge < -0.3 is 16.2 Å². The van der Waals surface area contributed by atoms with E-state index in [0.717, 1.165) is 0 Å². The summed E-state index contributed by atoms with van der Waals surface area (Å²) >= 11 is 0. The van der Waals surface area contributed by atoms with Gasteiger partial charge in [-0.2, -0.15) is 13.2 Å². The molecule has 0 aliphatic rings. The van der Waals surface area contributed by atoms with Gasteiger partial charge in [0.05, 0.1) is 0 Å². The fraction of sp³-hybridized carbons (Fsp3) is 0.600. The maximum absolute atomic E-state index is 11.5. The van der Waals surface area contributed by atoms with Gasteiger partial charge in [-0.1, -0.05) is 0 Å². The first-order valence-corrected chi connectivity index (χ1v) is 3.06. The van der Waals surface area contributed by atoms with E-state index in [1.807, 2.05) is 0 Å². The van der Waals surface area contributed by atoms with Crippen LogP contribution in [0.25, 0.3) is 0 Å². The lowest BCUT2D eigenvalue weighted by Gasteiger charge is -2.09. The predicted molar refractivity (Wildman–Crippen MR) is 34.3 cm³/mol. The Balaban J connectivity index is 3.96. The summed E-state index contributed by atoms with van der Waals surface area (Å²) in [7, 11) is 0. The highest BCUT2D eigenvalue weighted by atomic mass is 19.4. The molecular formula is C5H7F3N2O3. The number of aliphatic hydroxyl groups is 1. The van der Waals surface area contributed by atoms with E-state index in [1.54, 1.807) is 0 Å². The second-order valence-corrected chi connectivity index (χ2v) is 2.14. The highest BCUT2D eigenvalue weighted by Crippen LogP contribution is 2.12. The molecule has 5 nitrogen and oxygen atoms in total. The Morgan fingerprint density at radius 2 is 1.92 bits per heavy atom. The minimum atomic E-state index is -4.59. The average Bonchev–Trinajstić information content (AvgIpc) is 1.97. The van der Waals surface area contributed by atoms with Crippen molar-refractivity contribution in [3.05, 3.63) is 0 Å². The van der Waals surface area contributed by atoms with Gasteiger partial charge in [0, 0.05) is 0 Å². The zero-order chi connectivity index (χ0) is 10.6. The molecule has 0 bridgehead atoms. The minimum absolute atomic E-state index is 1.29. The van der Waals surface area contributed by atoms with Crippen LogP contribution in [0, 0.1) is 0 Å². The van der Waals surface area contributed by atoms with Gasteiger partial charge in [-0.15, -0.1) is 0 Å². The number of hydrogen-bond acceptors (Lipinski definition) is 3. The molecule has 0 aromatic heterocycles. The topological polar surface area (TPSA) is 92.4 Å². The fourth-order valence-corrected chi connectivity index (χ4v) is 0.413. The van der Waals surface area contributed by atoms with Crippen LogP contribution in [-0.4, -0.2) is 35.7 Å². The number of amides is 2. The number of hydrogen-bond donors (Lipinski definition) is 3. The standard InChI is InChI=1S/C5H7F3N2O3/c6-5(7,8)1-10-4(13)2(11)3(9)12/h2,11H,1H2,(H2,9,12)(H,10,13). The Morgan fingerprint density at radius 3 is 2.23 bits per heavy atom. The maximum atomic E-state index is 11.5. The maximum Gasteiger partial charge on any atom is 0.405 e. The molecule has 0 saturated carbocycles. The summed E-state index contributed by atoms with van der Waals surface area (Å²) in [5.41, 5.74) is 4.45. The molecule has 0 fully saturated rings. The molecule has 0 aromatic rings. The molecule has 1 unspecified atom stereocenters. The van der Waals surface area contributed by atoms with E-state index < -0.39 is 30.6 Å². The molecular weight excluding hydrogens is 193 g/mol. The van der Waals surface area contributed by atoms with E-state index in [0.29, 0.717) is 0 Å². The molecule has 0 aromatic carbocycles. The summed E-state index contributed by atoms with van der Waals surface area (Å²) < 4.78 is 34.4. The first kappa shape index (κ1) is 11.7. The molecule has 8 heteroatoms. The lowest BCUT2D eigenvalue weighted by atomic mass is 10.3. The van der Waals surface area contributed by atoms with Crippen LogP contribution in [-0.2, 0) is 9.59 Å². The molecule has 76 valence electrons. The predicted octanol–water partition coefficient (Wildman–Crippen LogP) is -1.49. The summed E-state index contributed by atoms with van der Waals surface area (Å²) in [5, 5.41) is 9.83. The Labute approximate surface area is 70.7 Å². The zero-order valence-corrected chi connectivity index (χ0v) is 6.26. The van der Waals surface area contributed by atoms with E-state index >= 15 is 0 Å². The second kappa shape index (κ2) is 4.08. The first-order chi connectivity index (χ1) is 5.74. The van der Waals surface area contributed by atoms with Crippen LogP contribution in [0.15, 0.2) is 0 Å². The lowest BCUT2D eigenvalue weighted by molar-refractivity contribution is -0.147. The first-order valence-electron chi connectivity index (χ1n) is 3.06. The number of carbonyl (C=O) groups is 2. The van der Waals surface area contributed by atoms with Crippen LogP contribution in [0.3, 0.4) is 0 Å². The van der Waals surface area contributed by atoms with Gasteiger partial charge in [-0.25, -0.2) is 0 Å². The molecule has 0 heterocycles. The summed E-state index contributed by atoms with van der Waals surface area (Å²) in [6.45, 7) is -1.61. The van der Waals surface area contributed by atoms with Crippen LogP contribution in [0.4, 0.5) is 13.2 Å². The minimum Gasteiger partial charge on any atom is -0.375 e. The van der Waals surface area contributed by atoms with Crippen molar-refractivity contribution in [2.45, 2.75) is 12.3 Å². The largest absolute Gasteiger partial charge is 0.405 e. The summed E-state index contributed by atoms with van der Waals surface area (Å²) in [6, 6.07) is 0. The summed E-state index contributed by atoms with van der Waals surface area (Å²) in [5.74, 6) is -2.87. The van der Waals surface area contributed by atoms with Crippen LogP contribution >= 0.6 is 0 Å². The van der Waals surface area contributed by atoms with Crippen molar-refractivity contribution in [2.75, 3.05) is 6.54 Å². The molecule has 1 atom stereocenters. The van der Waals surface area contributed by atoms with Crippen LogP contribution < -0.4 is 11.1 Å². The van der Waals surface area contributed by atoms with Crippen molar-refractivity contribution in [3.8, 4) is 0 Å². The number of aliphatic hydroxyl groups excluding tert-OH is 1. The van der Waals surface area contributed by atoms with Crippen molar-refractivity contribution in [1.82, 2.24) is 5.32 Å². The SMILES string of the molecule is NC(=O)C(O)C(=O)NCC(F)(F)F. The van der Waals surface area contributed by atoms with Crippen molar-refractivity contribution in [2.24, 2.45) is 5.73 Å². The zero-order valence-electron chi connectivity index (χ0n) is 6.26. The van der Waals surface area contributed by atoms with Gasteiger partial charge in [0.15, 0.2) is 0 Å². The third kappa shape index (κ3) is 5.01. The third-order valence-electron chi connectivity index (χ3n) is 0.981. The van der Waals surface area contributed by atoms with E-state index in [9.17, 15) is 22.8 Å². The van der Waals surface area contributed by atoms with Crippen LogP contribution in [0.2, 0.25) is 0 Å². The number of nitrogens with two attached hydrogens (primary N) is 1. The van der Waals surface area contributed by atoms with Gasteiger partial charge in [0.2, 0.25) is 6.10 Å². The highest BCUT2D eigenvalue weighted by molar-refractivity contribution is 6.02. The van der Waals surface area contributed by atoms with E-state index in [4.69, 9.17) is 5.11 Å². The van der Waals surface area contributed by atoms with Crippen LogP contribution in [0.5, 0.6) is 0 Å². The molecule has 0 aliphatic heterocycles. The van der Waals surface area contributed by atoms with Gasteiger partial charge >= 0.3 is 6.18 Å². The van der Waals surface area contributed by atoms with Crippen molar-refractivity contribution in [3.63, 3.8) is 0 Å². The van der Waals surface area contributed by atoms with E-state index in [1.165, 1.54) is 5.32 Å². The number of carbonyl (C=O) groups excluding carboxylic acids is 2. The van der Waals surface area contributed by atoms with Crippen molar-refractivity contribution < 1.29 is 27.9 Å². The quantitative estimate of drug-likeness (QED) is 0.484. The Kier molecular flexibility index (Phi) is 3.67. The molecule has 0 rings (SSSR count). The third-order valence-corrected chi connectivity index (χ3v) is 0.981. The molecule has 0 aliphatic carbocycles. The monoisotopic (exact) mass is 200 g/mol. The average molecular weight is 200 g/mol. The number of nitrogens with one attached hydrogen (secondary N) is 1. The normalized spacial score (nSPS) is 13.5. The Bertz CT molecular complexity index is 216. The molecule has 4 N–H and O–H groups in total. The number of halogens is 3. The van der Waals surface area contributed by atoms with Crippen LogP contribution in [0.1, 0.15) is 0 Å². The van der Waals surface area contributed by atoms with Crippen molar-refractivity contribution in [1.29, 1.82) is 0 Å². The molecule has 13 heavy (non-hydrogen) atoms. The summed E-state index contributed by atoms with van der Waals surface area (Å²) in [4.78, 5) is 20.6. The highest BCUT2D eigenvalue weighted by Gasteiger charge is 2.30. The van der Waals surface area contributed by atoms with Gasteiger partial charge in [-0.05, 0) is 0 Å². The fourth-order valence-electron chi connectivity index (χ4n) is 0.413. The Hall–Kier alpha value is -1.31. The molecule has 2 amide bonds. The van der Waals surface area contributed by atoms with Crippen molar-refractivity contribution >= 4 is 11.8 Å². The van der Waals surface area contributed by atoms with E-state index in [-0.39, 0.29) is 0 Å². The number of primary amides is 1. The number of rotatable bonds is 3. The lowest BCUT2D eigenvalue weighted by Crippen LogP contribution is -2.45.